The maximum atomic E-state index is 17.1. The predicted molar refractivity (Wildman–Crippen MR) is 175 cm³/mol. The summed E-state index contributed by atoms with van der Waals surface area (Å²) >= 11 is 6.87. The summed E-state index contributed by atoms with van der Waals surface area (Å²) in [6, 6.07) is 3.00. The molecule has 5 aliphatic rings. The van der Waals surface area contributed by atoms with E-state index in [4.69, 9.17) is 37.1 Å². The van der Waals surface area contributed by atoms with Gasteiger partial charge in [0.1, 0.15) is 36.5 Å². The molecular weight excluding hydrogens is 683 g/mol. The third kappa shape index (κ3) is 5.36. The van der Waals surface area contributed by atoms with Crippen molar-refractivity contribution in [2.24, 2.45) is 5.92 Å². The van der Waals surface area contributed by atoms with E-state index in [1.807, 2.05) is 0 Å². The first-order valence-electron chi connectivity index (χ1n) is 17.0. The fourth-order valence-electron chi connectivity index (χ4n) is 9.12. The number of nitrogen functional groups attached to an aromatic ring is 1. The Bertz CT molecular complexity index is 1910. The number of halogens is 6. The molecule has 10 nitrogen and oxygen atoms in total. The van der Waals surface area contributed by atoms with Crippen LogP contribution >= 0.6 is 11.6 Å². The summed E-state index contributed by atoms with van der Waals surface area (Å²) in [6.45, 7) is 4.48. The first-order chi connectivity index (χ1) is 23.9. The van der Waals surface area contributed by atoms with Gasteiger partial charge in [-0.25, -0.2) is 13.8 Å². The SMILES string of the molecule is Cc1cc(N)nc(-c2c(Cl)c3c4c(nc(OC[C@@]56CCCN5C[C@H](F)C6)nc4c2F)N2C[C@H]4C[C@H](CN4CCCC#N)[C@H]2CO3)c1C(F)(F)F. The molecule has 2 aromatic heterocycles. The van der Waals surface area contributed by atoms with Crippen LogP contribution in [0, 0.1) is 30.0 Å². The first kappa shape index (κ1) is 33.4. The lowest BCUT2D eigenvalue weighted by atomic mass is 9.91. The van der Waals surface area contributed by atoms with Crippen LogP contribution in [0.25, 0.3) is 22.2 Å². The summed E-state index contributed by atoms with van der Waals surface area (Å²) in [5.41, 5.74) is 2.22. The van der Waals surface area contributed by atoms with Gasteiger partial charge in [0.2, 0.25) is 0 Å². The lowest BCUT2D eigenvalue weighted by Crippen LogP contribution is -2.51. The molecule has 5 atom stereocenters. The number of piperidine rings is 1. The highest BCUT2D eigenvalue weighted by Crippen LogP contribution is 2.52. The van der Waals surface area contributed by atoms with Gasteiger partial charge in [-0.05, 0) is 63.2 Å². The van der Waals surface area contributed by atoms with Crippen LogP contribution in [0.1, 0.15) is 49.7 Å². The van der Waals surface area contributed by atoms with Gasteiger partial charge in [-0.2, -0.15) is 28.4 Å². The first-order valence-corrected chi connectivity index (χ1v) is 17.4. The Kier molecular flexibility index (Phi) is 8.15. The molecule has 16 heteroatoms. The highest BCUT2D eigenvalue weighted by atomic mass is 35.5. The second-order valence-electron chi connectivity index (χ2n) is 14.3. The van der Waals surface area contributed by atoms with Crippen molar-refractivity contribution in [1.82, 2.24) is 24.8 Å². The van der Waals surface area contributed by atoms with Gasteiger partial charge >= 0.3 is 12.2 Å². The Morgan fingerprint density at radius 1 is 1.22 bits per heavy atom. The van der Waals surface area contributed by atoms with Gasteiger partial charge < -0.3 is 20.1 Å². The van der Waals surface area contributed by atoms with E-state index in [0.29, 0.717) is 31.7 Å². The molecule has 50 heavy (non-hydrogen) atoms. The van der Waals surface area contributed by atoms with Crippen LogP contribution in [0.2, 0.25) is 5.02 Å². The number of unbranched alkanes of at least 4 members (excludes halogenated alkanes) is 1. The second-order valence-corrected chi connectivity index (χ2v) is 14.6. The van der Waals surface area contributed by atoms with Gasteiger partial charge in [-0.15, -0.1) is 0 Å². The zero-order valence-electron chi connectivity index (χ0n) is 27.4. The highest BCUT2D eigenvalue weighted by Gasteiger charge is 2.51. The molecule has 0 aliphatic carbocycles. The molecule has 3 aromatic rings. The van der Waals surface area contributed by atoms with Gasteiger partial charge in [0.15, 0.2) is 11.6 Å². The van der Waals surface area contributed by atoms with Crippen LogP contribution in [0.4, 0.5) is 33.6 Å². The van der Waals surface area contributed by atoms with Crippen molar-refractivity contribution >= 4 is 34.1 Å². The van der Waals surface area contributed by atoms with E-state index in [-0.39, 0.29) is 70.3 Å². The smallest absolute Gasteiger partial charge is 0.418 e. The molecule has 7 heterocycles. The lowest BCUT2D eigenvalue weighted by molar-refractivity contribution is -0.137. The van der Waals surface area contributed by atoms with Crippen LogP contribution in [-0.4, -0.2) is 94.5 Å². The maximum Gasteiger partial charge on any atom is 0.418 e. The molecule has 8 rings (SSSR count). The van der Waals surface area contributed by atoms with Crippen LogP contribution in [0.3, 0.4) is 0 Å². The normalized spacial score (nSPS) is 27.6. The largest absolute Gasteiger partial charge is 0.489 e. The average molecular weight is 719 g/mol. The van der Waals surface area contributed by atoms with E-state index in [0.717, 1.165) is 51.4 Å². The summed E-state index contributed by atoms with van der Waals surface area (Å²) in [6.07, 6.45) is -1.95. The Morgan fingerprint density at radius 2 is 2.04 bits per heavy atom. The van der Waals surface area contributed by atoms with E-state index in [1.165, 1.54) is 6.92 Å². The van der Waals surface area contributed by atoms with Gasteiger partial charge in [-0.1, -0.05) is 11.6 Å². The number of nitrogens with two attached hydrogens (primary N) is 1. The number of fused-ring (bicyclic) bond motifs is 6. The molecule has 5 aliphatic heterocycles. The third-order valence-corrected chi connectivity index (χ3v) is 11.6. The van der Waals surface area contributed by atoms with E-state index in [9.17, 15) is 17.6 Å². The number of pyridine rings is 1. The van der Waals surface area contributed by atoms with E-state index >= 15 is 4.39 Å². The summed E-state index contributed by atoms with van der Waals surface area (Å²) in [5, 5.41) is 8.82. The fraction of sp³-hybridized carbons (Fsp3) is 0.588. The molecule has 266 valence electrons. The van der Waals surface area contributed by atoms with Gasteiger partial charge in [-0.3, -0.25) is 9.80 Å². The number of nitrogens with zero attached hydrogens (tertiary/aromatic N) is 7. The fourth-order valence-corrected chi connectivity index (χ4v) is 9.44. The summed E-state index contributed by atoms with van der Waals surface area (Å²) in [4.78, 5) is 19.7. The topological polar surface area (TPSA) is 117 Å². The summed E-state index contributed by atoms with van der Waals surface area (Å²) in [5.74, 6) is -0.982. The third-order valence-electron chi connectivity index (χ3n) is 11.2. The minimum Gasteiger partial charge on any atom is -0.489 e. The van der Waals surface area contributed by atoms with Crippen LogP contribution < -0.4 is 20.1 Å². The molecule has 4 saturated heterocycles. The number of rotatable bonds is 7. The maximum absolute atomic E-state index is 17.1. The Labute approximate surface area is 290 Å². The number of aryl methyl sites for hydroxylation is 1. The number of benzene rings is 1. The number of alkyl halides is 4. The van der Waals surface area contributed by atoms with Crippen LogP contribution in [0.15, 0.2) is 6.07 Å². The Morgan fingerprint density at radius 3 is 2.82 bits per heavy atom. The molecule has 0 spiro atoms. The lowest BCUT2D eigenvalue weighted by Gasteiger charge is -2.39. The second kappa shape index (κ2) is 12.2. The van der Waals surface area contributed by atoms with Crippen molar-refractivity contribution in [3.05, 3.63) is 28.0 Å². The summed E-state index contributed by atoms with van der Waals surface area (Å²) < 4.78 is 87.7. The van der Waals surface area contributed by atoms with Crippen LogP contribution in [-0.2, 0) is 6.18 Å². The quantitative estimate of drug-likeness (QED) is 0.233. The van der Waals surface area contributed by atoms with Crippen molar-refractivity contribution < 1.29 is 31.4 Å². The zero-order valence-corrected chi connectivity index (χ0v) is 28.1. The molecule has 0 saturated carbocycles. The number of hydrogen-bond acceptors (Lipinski definition) is 10. The van der Waals surface area contributed by atoms with Gasteiger partial charge in [0, 0.05) is 38.5 Å². The number of likely N-dealkylation sites (tertiary alicyclic amines) is 1. The monoisotopic (exact) mass is 718 g/mol. The molecule has 4 fully saturated rings. The van der Waals surface area contributed by atoms with Crippen molar-refractivity contribution in [3.8, 4) is 29.1 Å². The molecule has 0 unspecified atom stereocenters. The van der Waals surface area contributed by atoms with E-state index in [2.05, 4.69) is 30.7 Å². The standard InChI is InChI=1S/C34H36ClF5N8O2/c1-17-9-22(42)43-28(25(17)34(38,39)40)23-26(35)30-24-29(27(23)37)44-32(50-16-33-5-4-8-47(33)13-19(36)11-33)45-31(24)48-14-20-10-18(21(48)15-49-30)12-46(20)7-3-2-6-41/h9,18-21H,2-5,7-8,10-16H2,1H3,(H2,42,43)/t18-,19-,20-,21-,33+/m1/s1. The zero-order chi connectivity index (χ0) is 35.1. The van der Waals surface area contributed by atoms with Gasteiger partial charge in [0.05, 0.1) is 44.9 Å². The van der Waals surface area contributed by atoms with Gasteiger partial charge in [0.25, 0.3) is 0 Å². The molecule has 1 aromatic carbocycles. The number of hydrogen-bond donors (Lipinski definition) is 1. The number of ether oxygens (including phenoxy) is 2. The number of anilines is 2. The number of aromatic nitrogens is 3. The number of nitriles is 1. The Balaban J connectivity index is 1.29. The van der Waals surface area contributed by atoms with Crippen molar-refractivity contribution in [1.29, 1.82) is 5.26 Å². The minimum atomic E-state index is -4.91. The predicted octanol–water partition coefficient (Wildman–Crippen LogP) is 5.92. The van der Waals surface area contributed by atoms with Crippen molar-refractivity contribution in [2.75, 3.05) is 56.6 Å². The van der Waals surface area contributed by atoms with Crippen LogP contribution in [0.5, 0.6) is 11.8 Å². The molecule has 2 N–H and O–H groups in total. The highest BCUT2D eigenvalue weighted by molar-refractivity contribution is 6.36. The van der Waals surface area contributed by atoms with Crippen molar-refractivity contribution in [2.45, 2.75) is 75.4 Å². The molecular formula is C34H36ClF5N8O2. The molecule has 2 bridgehead atoms. The molecule has 0 amide bonds. The molecule has 0 radical (unpaired) electrons. The van der Waals surface area contributed by atoms with E-state index in [1.54, 1.807) is 0 Å². The Hall–Kier alpha value is -3.74. The summed E-state index contributed by atoms with van der Waals surface area (Å²) in [7, 11) is 0. The minimum absolute atomic E-state index is 0.0394. The average Bonchev–Trinajstić information content (AvgIpc) is 3.64. The van der Waals surface area contributed by atoms with E-state index < -0.39 is 40.5 Å². The van der Waals surface area contributed by atoms with Crippen molar-refractivity contribution in [3.63, 3.8) is 0 Å².